The molecule has 0 bridgehead atoms. The maximum absolute atomic E-state index is 5.62. The lowest BCUT2D eigenvalue weighted by atomic mass is 9.98. The normalized spacial score (nSPS) is 13.6. The molecule has 140 valence electrons. The van der Waals surface area contributed by atoms with Crippen LogP contribution in [-0.4, -0.2) is 23.4 Å². The molecule has 5 rings (SSSR count). The molecule has 2 heterocycles. The third-order valence-corrected chi connectivity index (χ3v) is 5.49. The molecule has 1 aromatic heterocycles. The van der Waals surface area contributed by atoms with Crippen LogP contribution in [0.5, 0.6) is 5.75 Å². The SMILES string of the molecule is COc1ccccc1-n1nc(-c2cccc3ccccc23)c2c1NCCCC2. The first-order chi connectivity index (χ1) is 13.9. The molecule has 1 aliphatic heterocycles. The number of aromatic nitrogens is 2. The summed E-state index contributed by atoms with van der Waals surface area (Å²) in [5, 5.41) is 11.2. The van der Waals surface area contributed by atoms with E-state index in [-0.39, 0.29) is 0 Å². The van der Waals surface area contributed by atoms with Crippen LogP contribution in [0.15, 0.2) is 66.7 Å². The molecule has 1 aliphatic rings. The third kappa shape index (κ3) is 2.73. The molecule has 4 aromatic rings. The smallest absolute Gasteiger partial charge is 0.144 e. The van der Waals surface area contributed by atoms with Gasteiger partial charge in [-0.25, -0.2) is 4.68 Å². The molecule has 0 amide bonds. The van der Waals surface area contributed by atoms with Crippen LogP contribution >= 0.6 is 0 Å². The molecule has 0 aliphatic carbocycles. The monoisotopic (exact) mass is 369 g/mol. The Morgan fingerprint density at radius 3 is 2.68 bits per heavy atom. The maximum Gasteiger partial charge on any atom is 0.144 e. The van der Waals surface area contributed by atoms with E-state index in [1.165, 1.54) is 21.9 Å². The van der Waals surface area contributed by atoms with Crippen molar-refractivity contribution in [2.75, 3.05) is 19.0 Å². The highest BCUT2D eigenvalue weighted by molar-refractivity contribution is 5.97. The quantitative estimate of drug-likeness (QED) is 0.522. The highest BCUT2D eigenvalue weighted by Gasteiger charge is 2.23. The number of rotatable bonds is 3. The summed E-state index contributed by atoms with van der Waals surface area (Å²) in [7, 11) is 1.71. The Bertz CT molecular complexity index is 1140. The molecule has 28 heavy (non-hydrogen) atoms. The number of ether oxygens (including phenoxy) is 1. The van der Waals surface area contributed by atoms with E-state index in [1.54, 1.807) is 7.11 Å². The van der Waals surface area contributed by atoms with Crippen molar-refractivity contribution >= 4 is 16.6 Å². The molecular weight excluding hydrogens is 346 g/mol. The molecule has 0 unspecified atom stereocenters. The van der Waals surface area contributed by atoms with Crippen molar-refractivity contribution < 1.29 is 4.74 Å². The van der Waals surface area contributed by atoms with Crippen molar-refractivity contribution in [1.29, 1.82) is 0 Å². The van der Waals surface area contributed by atoms with Crippen molar-refractivity contribution in [1.82, 2.24) is 9.78 Å². The lowest BCUT2D eigenvalue weighted by molar-refractivity contribution is 0.412. The van der Waals surface area contributed by atoms with Crippen molar-refractivity contribution in [3.05, 3.63) is 72.3 Å². The Labute approximate surface area is 164 Å². The predicted molar refractivity (Wildman–Crippen MR) is 114 cm³/mol. The second-order valence-corrected chi connectivity index (χ2v) is 7.17. The second-order valence-electron chi connectivity index (χ2n) is 7.17. The van der Waals surface area contributed by atoms with E-state index in [2.05, 4.69) is 53.8 Å². The molecule has 0 radical (unpaired) electrons. The first-order valence-electron chi connectivity index (χ1n) is 9.84. The van der Waals surface area contributed by atoms with Crippen LogP contribution in [0.1, 0.15) is 18.4 Å². The minimum absolute atomic E-state index is 0.823. The number of anilines is 1. The zero-order chi connectivity index (χ0) is 18.9. The van der Waals surface area contributed by atoms with Gasteiger partial charge in [-0.3, -0.25) is 0 Å². The van der Waals surface area contributed by atoms with Gasteiger partial charge in [-0.2, -0.15) is 5.10 Å². The van der Waals surface area contributed by atoms with Crippen LogP contribution in [-0.2, 0) is 6.42 Å². The van der Waals surface area contributed by atoms with Crippen LogP contribution < -0.4 is 10.1 Å². The van der Waals surface area contributed by atoms with Gasteiger partial charge in [0.1, 0.15) is 17.3 Å². The minimum atomic E-state index is 0.823. The fraction of sp³-hybridized carbons (Fsp3) is 0.208. The van der Waals surface area contributed by atoms with E-state index in [9.17, 15) is 0 Å². The van der Waals surface area contributed by atoms with Crippen LogP contribution in [0, 0.1) is 0 Å². The molecule has 4 heteroatoms. The zero-order valence-corrected chi connectivity index (χ0v) is 16.0. The average molecular weight is 369 g/mol. The highest BCUT2D eigenvalue weighted by Crippen LogP contribution is 2.38. The van der Waals surface area contributed by atoms with Gasteiger partial charge < -0.3 is 10.1 Å². The van der Waals surface area contributed by atoms with Crippen LogP contribution in [0.3, 0.4) is 0 Å². The number of benzene rings is 3. The number of para-hydroxylation sites is 2. The van der Waals surface area contributed by atoms with E-state index >= 15 is 0 Å². The first kappa shape index (κ1) is 16.9. The maximum atomic E-state index is 5.62. The zero-order valence-electron chi connectivity index (χ0n) is 16.0. The Balaban J connectivity index is 1.79. The van der Waals surface area contributed by atoms with Crippen molar-refractivity contribution in [2.45, 2.75) is 19.3 Å². The fourth-order valence-electron chi connectivity index (χ4n) is 4.13. The topological polar surface area (TPSA) is 39.1 Å². The first-order valence-corrected chi connectivity index (χ1v) is 9.84. The number of hydrogen-bond donors (Lipinski definition) is 1. The number of nitrogens with zero attached hydrogens (tertiary/aromatic N) is 2. The molecule has 0 saturated carbocycles. The summed E-state index contributed by atoms with van der Waals surface area (Å²) < 4.78 is 7.64. The molecule has 3 aromatic carbocycles. The van der Waals surface area contributed by atoms with Crippen LogP contribution in [0.4, 0.5) is 5.82 Å². The van der Waals surface area contributed by atoms with Gasteiger partial charge in [0, 0.05) is 17.7 Å². The van der Waals surface area contributed by atoms with Gasteiger partial charge in [0.2, 0.25) is 0 Å². The van der Waals surface area contributed by atoms with Gasteiger partial charge in [-0.1, -0.05) is 54.6 Å². The standard InChI is InChI=1S/C24H23N3O/c1-28-22-15-5-4-14-21(22)27-24-20(12-6-7-16-25-24)23(26-27)19-13-8-10-17-9-2-3-11-18(17)19/h2-5,8-11,13-15,25H,6-7,12,16H2,1H3. The third-order valence-electron chi connectivity index (χ3n) is 5.49. The number of nitrogens with one attached hydrogen (secondary N) is 1. The summed E-state index contributed by atoms with van der Waals surface area (Å²) in [5.74, 6) is 1.91. The largest absolute Gasteiger partial charge is 0.494 e. The van der Waals surface area contributed by atoms with Gasteiger partial charge in [0.05, 0.1) is 12.8 Å². The summed E-state index contributed by atoms with van der Waals surface area (Å²) in [6, 6.07) is 23.1. The molecule has 1 N–H and O–H groups in total. The second kappa shape index (κ2) is 7.04. The van der Waals surface area contributed by atoms with Crippen molar-refractivity contribution in [2.24, 2.45) is 0 Å². The molecule has 0 saturated heterocycles. The minimum Gasteiger partial charge on any atom is -0.494 e. The van der Waals surface area contributed by atoms with Gasteiger partial charge >= 0.3 is 0 Å². The van der Waals surface area contributed by atoms with E-state index in [0.717, 1.165) is 48.8 Å². The summed E-state index contributed by atoms with van der Waals surface area (Å²) >= 11 is 0. The van der Waals surface area contributed by atoms with Crippen molar-refractivity contribution in [3.63, 3.8) is 0 Å². The predicted octanol–water partition coefficient (Wildman–Crippen LogP) is 5.45. The summed E-state index contributed by atoms with van der Waals surface area (Å²) in [6.45, 7) is 0.961. The van der Waals surface area contributed by atoms with Gasteiger partial charge in [-0.05, 0) is 42.2 Å². The van der Waals surface area contributed by atoms with Gasteiger partial charge in [0.25, 0.3) is 0 Å². The fourth-order valence-corrected chi connectivity index (χ4v) is 4.13. The van der Waals surface area contributed by atoms with Crippen LogP contribution in [0.2, 0.25) is 0 Å². The van der Waals surface area contributed by atoms with E-state index < -0.39 is 0 Å². The van der Waals surface area contributed by atoms with E-state index in [0.29, 0.717) is 0 Å². The molecule has 0 atom stereocenters. The Morgan fingerprint density at radius 2 is 1.75 bits per heavy atom. The lowest BCUT2D eigenvalue weighted by Gasteiger charge is -2.12. The number of methoxy groups -OCH3 is 1. The Kier molecular flexibility index (Phi) is 4.24. The number of hydrogen-bond acceptors (Lipinski definition) is 3. The van der Waals surface area contributed by atoms with Gasteiger partial charge in [0.15, 0.2) is 0 Å². The molecule has 4 nitrogen and oxygen atoms in total. The number of fused-ring (bicyclic) bond motifs is 2. The molecule has 0 fully saturated rings. The van der Waals surface area contributed by atoms with E-state index in [1.807, 2.05) is 22.9 Å². The average Bonchev–Trinajstić information content (AvgIpc) is 2.93. The molecule has 0 spiro atoms. The summed E-state index contributed by atoms with van der Waals surface area (Å²) in [4.78, 5) is 0. The van der Waals surface area contributed by atoms with Crippen molar-refractivity contribution in [3.8, 4) is 22.7 Å². The highest BCUT2D eigenvalue weighted by atomic mass is 16.5. The summed E-state index contributed by atoms with van der Waals surface area (Å²) in [5.41, 5.74) is 4.50. The van der Waals surface area contributed by atoms with E-state index in [4.69, 9.17) is 9.84 Å². The Hall–Kier alpha value is -3.27. The summed E-state index contributed by atoms with van der Waals surface area (Å²) in [6.07, 6.45) is 3.35. The molecular formula is C24H23N3O. The Morgan fingerprint density at radius 1 is 0.929 bits per heavy atom. The lowest BCUT2D eigenvalue weighted by Crippen LogP contribution is -2.08. The van der Waals surface area contributed by atoms with Crippen LogP contribution in [0.25, 0.3) is 27.7 Å². The van der Waals surface area contributed by atoms with Gasteiger partial charge in [-0.15, -0.1) is 0 Å².